The molecule has 8 heteroatoms. The van der Waals surface area contributed by atoms with Crippen molar-refractivity contribution in [2.24, 2.45) is 11.7 Å². The van der Waals surface area contributed by atoms with Crippen LogP contribution in [0.4, 0.5) is 0 Å². The Kier molecular flexibility index (Phi) is 7.02. The number of hydrogen-bond acceptors (Lipinski definition) is 5. The molecule has 6 N–H and O–H groups in total. The Hall–Kier alpha value is -1.67. The number of aliphatic carboxylic acids is 1. The van der Waals surface area contributed by atoms with Gasteiger partial charge in [0, 0.05) is 0 Å². The number of amides is 2. The van der Waals surface area contributed by atoms with E-state index in [1.807, 2.05) is 0 Å². The van der Waals surface area contributed by atoms with Crippen LogP contribution < -0.4 is 16.4 Å². The fourth-order valence-electron chi connectivity index (χ4n) is 1.24. The van der Waals surface area contributed by atoms with Gasteiger partial charge in [-0.1, -0.05) is 13.8 Å². The molecule has 0 aromatic rings. The number of aliphatic hydroxyl groups is 1. The summed E-state index contributed by atoms with van der Waals surface area (Å²) in [6.07, 6.45) is -1.04. The Balaban J connectivity index is 4.26. The van der Waals surface area contributed by atoms with Crippen molar-refractivity contribution in [3.05, 3.63) is 0 Å². The molecule has 0 aliphatic heterocycles. The van der Waals surface area contributed by atoms with E-state index in [1.165, 1.54) is 6.92 Å². The van der Waals surface area contributed by atoms with Crippen molar-refractivity contribution in [3.8, 4) is 0 Å². The summed E-state index contributed by atoms with van der Waals surface area (Å²) in [4.78, 5) is 33.7. The predicted octanol–water partition coefficient (Wildman–Crippen LogP) is -1.96. The van der Waals surface area contributed by atoms with Gasteiger partial charge in [-0.05, 0) is 12.8 Å². The molecule has 0 fully saturated rings. The smallest absolute Gasteiger partial charge is 0.326 e. The standard InChI is InChI=1S/C11H21N3O5/c1-5(2)9(11(18)19)14-7(16)4-13-10(17)8(12)6(3)15/h5-6,8-9,15H,4,12H2,1-3H3,(H,13,17)(H,14,16)(H,18,19). The van der Waals surface area contributed by atoms with E-state index in [1.54, 1.807) is 13.8 Å². The number of carbonyl (C=O) groups excluding carboxylic acids is 2. The summed E-state index contributed by atoms with van der Waals surface area (Å²) in [5.74, 6) is -2.74. The molecular weight excluding hydrogens is 254 g/mol. The van der Waals surface area contributed by atoms with Crippen molar-refractivity contribution in [2.45, 2.75) is 39.0 Å². The lowest BCUT2D eigenvalue weighted by molar-refractivity contribution is -0.143. The molecule has 110 valence electrons. The summed E-state index contributed by atoms with van der Waals surface area (Å²) in [6, 6.07) is -2.15. The van der Waals surface area contributed by atoms with Crippen molar-refractivity contribution in [3.63, 3.8) is 0 Å². The van der Waals surface area contributed by atoms with Crippen molar-refractivity contribution < 1.29 is 24.6 Å². The predicted molar refractivity (Wildman–Crippen MR) is 67.1 cm³/mol. The molecule has 0 saturated carbocycles. The molecule has 3 unspecified atom stereocenters. The second kappa shape index (κ2) is 7.70. The van der Waals surface area contributed by atoms with Gasteiger partial charge in [-0.2, -0.15) is 0 Å². The van der Waals surface area contributed by atoms with Gasteiger partial charge in [0.15, 0.2) is 0 Å². The van der Waals surface area contributed by atoms with E-state index < -0.39 is 42.5 Å². The second-order valence-corrected chi connectivity index (χ2v) is 4.61. The summed E-state index contributed by atoms with van der Waals surface area (Å²) >= 11 is 0. The highest BCUT2D eigenvalue weighted by atomic mass is 16.4. The first kappa shape index (κ1) is 17.3. The molecule has 3 atom stereocenters. The molecule has 8 nitrogen and oxygen atoms in total. The first-order valence-electron chi connectivity index (χ1n) is 5.90. The third kappa shape index (κ3) is 6.16. The van der Waals surface area contributed by atoms with E-state index in [9.17, 15) is 14.4 Å². The third-order valence-electron chi connectivity index (χ3n) is 2.49. The van der Waals surface area contributed by atoms with Gasteiger partial charge in [0.1, 0.15) is 12.1 Å². The minimum absolute atomic E-state index is 0.281. The number of carbonyl (C=O) groups is 3. The normalized spacial score (nSPS) is 15.5. The zero-order valence-electron chi connectivity index (χ0n) is 11.2. The van der Waals surface area contributed by atoms with Crippen molar-refractivity contribution in [2.75, 3.05) is 6.54 Å². The Morgan fingerprint density at radius 3 is 2.11 bits per heavy atom. The van der Waals surface area contributed by atoms with Crippen LogP contribution in [0.3, 0.4) is 0 Å². The van der Waals surface area contributed by atoms with E-state index in [4.69, 9.17) is 15.9 Å². The molecule has 0 radical (unpaired) electrons. The molecule has 19 heavy (non-hydrogen) atoms. The van der Waals surface area contributed by atoms with Crippen LogP contribution in [-0.2, 0) is 14.4 Å². The van der Waals surface area contributed by atoms with E-state index in [0.29, 0.717) is 0 Å². The lowest BCUT2D eigenvalue weighted by Gasteiger charge is -2.19. The molecule has 0 aromatic carbocycles. The van der Waals surface area contributed by atoms with Gasteiger partial charge in [-0.25, -0.2) is 4.79 Å². The lowest BCUT2D eigenvalue weighted by atomic mass is 10.1. The van der Waals surface area contributed by atoms with Crippen LogP contribution in [0.1, 0.15) is 20.8 Å². The van der Waals surface area contributed by atoms with Gasteiger partial charge in [0.2, 0.25) is 11.8 Å². The number of nitrogens with two attached hydrogens (primary N) is 1. The lowest BCUT2D eigenvalue weighted by Crippen LogP contribution is -2.52. The van der Waals surface area contributed by atoms with Gasteiger partial charge in [0.25, 0.3) is 0 Å². The molecule has 0 aliphatic carbocycles. The molecule has 0 bridgehead atoms. The molecule has 0 saturated heterocycles. The van der Waals surface area contributed by atoms with Crippen LogP contribution in [-0.4, -0.2) is 52.7 Å². The number of rotatable bonds is 7. The SMILES string of the molecule is CC(C)C(NC(=O)CNC(=O)C(N)C(C)O)C(=O)O. The van der Waals surface area contributed by atoms with Crippen molar-refractivity contribution in [1.29, 1.82) is 0 Å². The van der Waals surface area contributed by atoms with E-state index in [-0.39, 0.29) is 5.92 Å². The summed E-state index contributed by atoms with van der Waals surface area (Å²) in [5, 5.41) is 22.5. The monoisotopic (exact) mass is 275 g/mol. The van der Waals surface area contributed by atoms with E-state index >= 15 is 0 Å². The second-order valence-electron chi connectivity index (χ2n) is 4.61. The fraction of sp³-hybridized carbons (Fsp3) is 0.727. The van der Waals surface area contributed by atoms with Crippen LogP contribution in [0.15, 0.2) is 0 Å². The minimum Gasteiger partial charge on any atom is -0.480 e. The molecule has 2 amide bonds. The number of nitrogens with one attached hydrogen (secondary N) is 2. The van der Waals surface area contributed by atoms with Crippen LogP contribution in [0.2, 0.25) is 0 Å². The highest BCUT2D eigenvalue weighted by molar-refractivity contribution is 5.89. The zero-order valence-corrected chi connectivity index (χ0v) is 11.2. The van der Waals surface area contributed by atoms with Crippen LogP contribution in [0.25, 0.3) is 0 Å². The van der Waals surface area contributed by atoms with E-state index in [0.717, 1.165) is 0 Å². The maximum absolute atomic E-state index is 11.5. The van der Waals surface area contributed by atoms with Crippen molar-refractivity contribution in [1.82, 2.24) is 10.6 Å². The largest absolute Gasteiger partial charge is 0.480 e. The quantitative estimate of drug-likeness (QED) is 0.365. The summed E-state index contributed by atoms with van der Waals surface area (Å²) in [7, 11) is 0. The van der Waals surface area contributed by atoms with Gasteiger partial charge < -0.3 is 26.6 Å². The zero-order chi connectivity index (χ0) is 15.2. The fourth-order valence-corrected chi connectivity index (χ4v) is 1.24. The number of aliphatic hydroxyl groups excluding tert-OH is 1. The highest BCUT2D eigenvalue weighted by Gasteiger charge is 2.24. The first-order valence-corrected chi connectivity index (χ1v) is 5.90. The Labute approximate surface area is 111 Å². The number of hydrogen-bond donors (Lipinski definition) is 5. The molecule has 0 aliphatic rings. The Morgan fingerprint density at radius 2 is 1.74 bits per heavy atom. The summed E-state index contributed by atoms with van der Waals surface area (Å²) in [5.41, 5.74) is 5.36. The van der Waals surface area contributed by atoms with Gasteiger partial charge in [0.05, 0.1) is 12.6 Å². The summed E-state index contributed by atoms with van der Waals surface area (Å²) < 4.78 is 0. The maximum atomic E-state index is 11.5. The first-order chi connectivity index (χ1) is 8.66. The number of carboxylic acid groups (broad SMARTS) is 1. The topological polar surface area (TPSA) is 142 Å². The molecule has 0 rings (SSSR count). The van der Waals surface area contributed by atoms with Crippen LogP contribution >= 0.6 is 0 Å². The van der Waals surface area contributed by atoms with E-state index in [2.05, 4.69) is 10.6 Å². The Morgan fingerprint density at radius 1 is 1.21 bits per heavy atom. The third-order valence-corrected chi connectivity index (χ3v) is 2.49. The van der Waals surface area contributed by atoms with Gasteiger partial charge >= 0.3 is 5.97 Å². The molecule has 0 spiro atoms. The van der Waals surface area contributed by atoms with Gasteiger partial charge in [-0.3, -0.25) is 9.59 Å². The van der Waals surface area contributed by atoms with Crippen LogP contribution in [0, 0.1) is 5.92 Å². The average Bonchev–Trinajstić information content (AvgIpc) is 2.30. The highest BCUT2D eigenvalue weighted by Crippen LogP contribution is 2.01. The molecule has 0 heterocycles. The molecule has 0 aromatic heterocycles. The van der Waals surface area contributed by atoms with Crippen molar-refractivity contribution >= 4 is 17.8 Å². The van der Waals surface area contributed by atoms with Crippen LogP contribution in [0.5, 0.6) is 0 Å². The summed E-state index contributed by atoms with van der Waals surface area (Å²) in [6.45, 7) is 4.27. The molecular formula is C11H21N3O5. The van der Waals surface area contributed by atoms with Gasteiger partial charge in [-0.15, -0.1) is 0 Å². The number of carboxylic acids is 1. The average molecular weight is 275 g/mol. The Bertz CT molecular complexity index is 343. The maximum Gasteiger partial charge on any atom is 0.326 e. The minimum atomic E-state index is -1.14.